The number of allylic oxidation sites excluding steroid dienone is 7. The van der Waals surface area contributed by atoms with Gasteiger partial charge in [0.25, 0.3) is 0 Å². The first-order chi connectivity index (χ1) is 15.5. The van der Waals surface area contributed by atoms with Crippen molar-refractivity contribution in [2.24, 2.45) is 5.10 Å². The molecule has 0 saturated carbocycles. The third-order valence-electron chi connectivity index (χ3n) is 5.29. The molecule has 0 radical (unpaired) electrons. The minimum atomic E-state index is 0.108. The Morgan fingerprint density at radius 2 is 2.03 bits per heavy atom. The van der Waals surface area contributed by atoms with Gasteiger partial charge in [0.1, 0.15) is 0 Å². The van der Waals surface area contributed by atoms with Crippen LogP contribution in [0.1, 0.15) is 32.3 Å². The molecule has 1 aliphatic heterocycles. The van der Waals surface area contributed by atoms with Gasteiger partial charge in [-0.3, -0.25) is 9.78 Å². The third-order valence-corrected chi connectivity index (χ3v) is 6.64. The Labute approximate surface area is 198 Å². The largest absolute Gasteiger partial charge is 0.295 e. The van der Waals surface area contributed by atoms with Gasteiger partial charge < -0.3 is 0 Å². The normalized spacial score (nSPS) is 16.3. The molecule has 0 saturated heterocycles. The van der Waals surface area contributed by atoms with E-state index in [0.717, 1.165) is 45.3 Å². The molecule has 0 N–H and O–H groups in total. The fourth-order valence-electron chi connectivity index (χ4n) is 3.56. The summed E-state index contributed by atoms with van der Waals surface area (Å²) in [5.74, 6) is 0.955. The number of rotatable bonds is 6. The van der Waals surface area contributed by atoms with E-state index in [-0.39, 0.29) is 5.78 Å². The molecule has 0 unspecified atom stereocenters. The molecular formula is C26H24ClN3OS. The van der Waals surface area contributed by atoms with Crippen molar-refractivity contribution in [2.45, 2.75) is 32.4 Å². The van der Waals surface area contributed by atoms with Crippen LogP contribution in [0, 0.1) is 0 Å². The fourth-order valence-corrected chi connectivity index (χ4v) is 4.64. The Morgan fingerprint density at radius 1 is 1.22 bits per heavy atom. The average molecular weight is 462 g/mol. The molecule has 162 valence electrons. The van der Waals surface area contributed by atoms with E-state index >= 15 is 0 Å². The van der Waals surface area contributed by atoms with Crippen molar-refractivity contribution in [3.8, 4) is 0 Å². The highest BCUT2D eigenvalue weighted by Gasteiger charge is 2.20. The maximum atomic E-state index is 11.9. The van der Waals surface area contributed by atoms with E-state index in [1.54, 1.807) is 24.9 Å². The molecule has 4 nitrogen and oxygen atoms in total. The van der Waals surface area contributed by atoms with Gasteiger partial charge in [-0.15, -0.1) is 11.8 Å². The fraction of sp³-hybridized carbons (Fsp3) is 0.192. The molecular weight excluding hydrogens is 438 g/mol. The lowest BCUT2D eigenvalue weighted by molar-refractivity contribution is -0.113. The Balaban J connectivity index is 1.65. The van der Waals surface area contributed by atoms with Crippen LogP contribution in [0.25, 0.3) is 0 Å². The maximum absolute atomic E-state index is 11.9. The molecule has 6 heteroatoms. The van der Waals surface area contributed by atoms with E-state index in [1.807, 2.05) is 48.5 Å². The lowest BCUT2D eigenvalue weighted by atomic mass is 10.0. The molecule has 2 aliphatic rings. The van der Waals surface area contributed by atoms with Gasteiger partial charge >= 0.3 is 0 Å². The van der Waals surface area contributed by atoms with Crippen LogP contribution in [0.2, 0.25) is 5.02 Å². The highest BCUT2D eigenvalue weighted by atomic mass is 35.5. The Hall–Kier alpha value is -2.89. The van der Waals surface area contributed by atoms with E-state index in [2.05, 4.69) is 35.5 Å². The Kier molecular flexibility index (Phi) is 7.08. The SMILES string of the molecule is CC(=O)C1=CC(C)=C(C2=NN(c3cccnc3)C=C(SCc3ccc(Cl)cc3)C2)C=CC1. The average Bonchev–Trinajstić information content (AvgIpc) is 3.01. The molecule has 0 amide bonds. The van der Waals surface area contributed by atoms with Crippen LogP contribution in [0.4, 0.5) is 5.69 Å². The molecule has 1 aromatic heterocycles. The number of Topliss-reactive ketones (excluding diaryl/α,β-unsaturated/α-hetero) is 1. The van der Waals surface area contributed by atoms with E-state index in [0.29, 0.717) is 6.42 Å². The van der Waals surface area contributed by atoms with Crippen molar-refractivity contribution >= 4 is 40.5 Å². The number of carbonyl (C=O) groups is 1. The summed E-state index contributed by atoms with van der Waals surface area (Å²) >= 11 is 7.82. The van der Waals surface area contributed by atoms with Crippen LogP contribution in [0.15, 0.2) is 99.9 Å². The smallest absolute Gasteiger partial charge is 0.156 e. The number of hydrazone groups is 1. The van der Waals surface area contributed by atoms with Crippen LogP contribution in [0.3, 0.4) is 0 Å². The second kappa shape index (κ2) is 10.2. The van der Waals surface area contributed by atoms with Crippen LogP contribution >= 0.6 is 23.4 Å². The summed E-state index contributed by atoms with van der Waals surface area (Å²) in [7, 11) is 0. The lowest BCUT2D eigenvalue weighted by Gasteiger charge is -2.24. The second-order valence-electron chi connectivity index (χ2n) is 7.72. The van der Waals surface area contributed by atoms with Gasteiger partial charge in [0.15, 0.2) is 5.78 Å². The Morgan fingerprint density at radius 3 is 2.75 bits per heavy atom. The number of anilines is 1. The van der Waals surface area contributed by atoms with Crippen molar-refractivity contribution < 1.29 is 4.79 Å². The highest BCUT2D eigenvalue weighted by Crippen LogP contribution is 2.33. The summed E-state index contributed by atoms with van der Waals surface area (Å²) in [6.07, 6.45) is 13.2. The number of thioether (sulfide) groups is 1. The molecule has 0 fully saturated rings. The molecule has 4 rings (SSSR count). The maximum Gasteiger partial charge on any atom is 0.156 e. The van der Waals surface area contributed by atoms with E-state index < -0.39 is 0 Å². The molecule has 0 spiro atoms. The zero-order chi connectivity index (χ0) is 22.5. The first-order valence-electron chi connectivity index (χ1n) is 10.4. The highest BCUT2D eigenvalue weighted by molar-refractivity contribution is 8.02. The zero-order valence-electron chi connectivity index (χ0n) is 18.1. The standard InChI is InChI=1S/C26H24ClN3OS/c1-18-13-21(19(2)31)5-3-7-25(18)26-14-24(32-17-20-8-10-22(27)11-9-20)16-30(29-26)23-6-4-12-28-15-23/h3-4,6-13,15-16H,5,14,17H2,1-2H3. The number of ketones is 1. The summed E-state index contributed by atoms with van der Waals surface area (Å²) in [5, 5.41) is 7.57. The predicted octanol–water partition coefficient (Wildman–Crippen LogP) is 6.87. The number of hydrogen-bond donors (Lipinski definition) is 0. The van der Waals surface area contributed by atoms with Crippen molar-refractivity contribution in [2.75, 3.05) is 5.01 Å². The van der Waals surface area contributed by atoms with Gasteiger partial charge in [0.05, 0.1) is 17.6 Å². The number of carbonyl (C=O) groups excluding carboxylic acids is 1. The van der Waals surface area contributed by atoms with Gasteiger partial charge in [-0.1, -0.05) is 42.0 Å². The topological polar surface area (TPSA) is 45.6 Å². The minimum Gasteiger partial charge on any atom is -0.295 e. The molecule has 1 aromatic carbocycles. The van der Waals surface area contributed by atoms with Gasteiger partial charge in [0.2, 0.25) is 0 Å². The molecule has 2 heterocycles. The van der Waals surface area contributed by atoms with Gasteiger partial charge in [-0.2, -0.15) is 5.10 Å². The first-order valence-corrected chi connectivity index (χ1v) is 11.8. The molecule has 32 heavy (non-hydrogen) atoms. The van der Waals surface area contributed by atoms with E-state index in [4.69, 9.17) is 16.7 Å². The zero-order valence-corrected chi connectivity index (χ0v) is 19.7. The summed E-state index contributed by atoms with van der Waals surface area (Å²) in [6.45, 7) is 3.66. The quantitative estimate of drug-likeness (QED) is 0.471. The summed E-state index contributed by atoms with van der Waals surface area (Å²) in [6, 6.07) is 11.9. The van der Waals surface area contributed by atoms with Gasteiger partial charge in [-0.25, -0.2) is 5.01 Å². The predicted molar refractivity (Wildman–Crippen MR) is 135 cm³/mol. The van der Waals surface area contributed by atoms with Crippen molar-refractivity contribution in [3.05, 3.63) is 105 Å². The Bertz CT molecular complexity index is 1160. The van der Waals surface area contributed by atoms with E-state index in [9.17, 15) is 4.79 Å². The van der Waals surface area contributed by atoms with Crippen LogP contribution in [0.5, 0.6) is 0 Å². The van der Waals surface area contributed by atoms with E-state index in [1.165, 1.54) is 10.5 Å². The van der Waals surface area contributed by atoms with Crippen molar-refractivity contribution in [3.63, 3.8) is 0 Å². The summed E-state index contributed by atoms with van der Waals surface area (Å²) < 4.78 is 0. The first kappa shape index (κ1) is 22.3. The molecule has 2 aromatic rings. The van der Waals surface area contributed by atoms with Crippen LogP contribution in [-0.4, -0.2) is 16.5 Å². The third kappa shape index (κ3) is 5.47. The van der Waals surface area contributed by atoms with Gasteiger partial charge in [0, 0.05) is 40.1 Å². The number of pyridine rings is 1. The number of benzene rings is 1. The van der Waals surface area contributed by atoms with Crippen molar-refractivity contribution in [1.82, 2.24) is 4.98 Å². The molecule has 1 aliphatic carbocycles. The van der Waals surface area contributed by atoms with Crippen LogP contribution < -0.4 is 5.01 Å². The summed E-state index contributed by atoms with van der Waals surface area (Å²) in [5.41, 5.74) is 6.04. The molecule has 0 bridgehead atoms. The number of aromatic nitrogens is 1. The van der Waals surface area contributed by atoms with Gasteiger partial charge in [-0.05, 0) is 61.2 Å². The lowest BCUT2D eigenvalue weighted by Crippen LogP contribution is -2.20. The van der Waals surface area contributed by atoms with Crippen molar-refractivity contribution in [1.29, 1.82) is 0 Å². The number of nitrogens with zero attached hydrogens (tertiary/aromatic N) is 3. The second-order valence-corrected chi connectivity index (χ2v) is 9.26. The molecule has 0 atom stereocenters. The number of halogens is 1. The summed E-state index contributed by atoms with van der Waals surface area (Å²) in [4.78, 5) is 17.4. The van der Waals surface area contributed by atoms with Crippen LogP contribution in [-0.2, 0) is 10.5 Å². The number of hydrogen-bond acceptors (Lipinski definition) is 5. The monoisotopic (exact) mass is 461 g/mol. The minimum absolute atomic E-state index is 0.108.